The molecule has 0 amide bonds. The Morgan fingerprint density at radius 3 is 2.56 bits per heavy atom. The molecule has 1 unspecified atom stereocenters. The van der Waals surface area contributed by atoms with Crippen molar-refractivity contribution in [3.05, 3.63) is 16.8 Å². The number of carbonyl (C=O) groups excluding carboxylic acids is 1. The van der Waals surface area contributed by atoms with Gasteiger partial charge in [0.25, 0.3) is 0 Å². The highest BCUT2D eigenvalue weighted by Gasteiger charge is 2.37. The average Bonchev–Trinajstić information content (AvgIpc) is 2.97. The van der Waals surface area contributed by atoms with E-state index in [-0.39, 0.29) is 23.4 Å². The summed E-state index contributed by atoms with van der Waals surface area (Å²) in [6, 6.07) is 0. The van der Waals surface area contributed by atoms with Gasteiger partial charge in [-0.15, -0.1) is 11.3 Å². The Labute approximate surface area is 146 Å². The number of hydrogen-bond donors (Lipinski definition) is 1. The van der Waals surface area contributed by atoms with E-state index in [0.717, 1.165) is 4.57 Å². The first-order valence-corrected chi connectivity index (χ1v) is 8.35. The van der Waals surface area contributed by atoms with E-state index < -0.39 is 29.2 Å². The SMILES string of the molecule is CCOC(O)Cc1cn(C(=O)OC(C)(C)C)c2nc(C(F)(F)F)sc12. The Bertz CT molecular complexity index is 761. The van der Waals surface area contributed by atoms with Gasteiger partial charge < -0.3 is 14.6 Å². The van der Waals surface area contributed by atoms with E-state index >= 15 is 0 Å². The molecule has 0 bridgehead atoms. The van der Waals surface area contributed by atoms with Gasteiger partial charge in [0.2, 0.25) is 5.01 Å². The highest BCUT2D eigenvalue weighted by atomic mass is 32.1. The van der Waals surface area contributed by atoms with Crippen molar-refractivity contribution in [1.82, 2.24) is 9.55 Å². The summed E-state index contributed by atoms with van der Waals surface area (Å²) in [5.74, 6) is 0. The van der Waals surface area contributed by atoms with Crippen molar-refractivity contribution < 1.29 is 32.5 Å². The first-order chi connectivity index (χ1) is 11.4. The van der Waals surface area contributed by atoms with Crippen LogP contribution in [0.5, 0.6) is 0 Å². The lowest BCUT2D eigenvalue weighted by Crippen LogP contribution is -2.27. The molecular formula is C15H19F3N2O4S. The van der Waals surface area contributed by atoms with Gasteiger partial charge in [-0.2, -0.15) is 13.2 Å². The number of aliphatic hydroxyl groups is 1. The predicted molar refractivity (Wildman–Crippen MR) is 85.6 cm³/mol. The quantitative estimate of drug-likeness (QED) is 0.817. The lowest BCUT2D eigenvalue weighted by molar-refractivity contribution is -0.137. The first kappa shape index (κ1) is 19.7. The van der Waals surface area contributed by atoms with E-state index in [1.807, 2.05) is 0 Å². The van der Waals surface area contributed by atoms with Crippen LogP contribution in [0.25, 0.3) is 10.3 Å². The number of alkyl halides is 3. The van der Waals surface area contributed by atoms with Crippen LogP contribution in [0, 0.1) is 0 Å². The maximum absolute atomic E-state index is 13.0. The number of thiazole rings is 1. The third-order valence-corrected chi connectivity index (χ3v) is 4.17. The number of rotatable bonds is 4. The normalized spacial score (nSPS) is 14.1. The number of aliphatic hydroxyl groups excluding tert-OH is 1. The zero-order valence-corrected chi connectivity index (χ0v) is 15.0. The molecule has 2 aromatic heterocycles. The minimum atomic E-state index is -4.63. The minimum absolute atomic E-state index is 0.0698. The van der Waals surface area contributed by atoms with Gasteiger partial charge in [0.15, 0.2) is 11.9 Å². The summed E-state index contributed by atoms with van der Waals surface area (Å²) in [6.07, 6.45) is -5.41. The number of aromatic nitrogens is 2. The molecule has 2 rings (SSSR count). The van der Waals surface area contributed by atoms with Crippen molar-refractivity contribution in [2.45, 2.75) is 52.2 Å². The van der Waals surface area contributed by atoms with E-state index in [0.29, 0.717) is 16.9 Å². The molecule has 25 heavy (non-hydrogen) atoms. The number of fused-ring (bicyclic) bond motifs is 1. The van der Waals surface area contributed by atoms with Crippen molar-refractivity contribution in [3.8, 4) is 0 Å². The van der Waals surface area contributed by atoms with Gasteiger partial charge in [0, 0.05) is 19.2 Å². The van der Waals surface area contributed by atoms with Crippen LogP contribution >= 0.6 is 11.3 Å². The van der Waals surface area contributed by atoms with Crippen LogP contribution in [-0.2, 0) is 22.1 Å². The third kappa shape index (κ3) is 4.71. The topological polar surface area (TPSA) is 73.6 Å². The molecule has 0 aliphatic rings. The Hall–Kier alpha value is -1.65. The molecule has 140 valence electrons. The van der Waals surface area contributed by atoms with Crippen LogP contribution in [-0.4, -0.2) is 39.2 Å². The van der Waals surface area contributed by atoms with Crippen molar-refractivity contribution in [2.75, 3.05) is 6.61 Å². The average molecular weight is 380 g/mol. The minimum Gasteiger partial charge on any atom is -0.443 e. The number of hydrogen-bond acceptors (Lipinski definition) is 6. The van der Waals surface area contributed by atoms with Crippen molar-refractivity contribution in [3.63, 3.8) is 0 Å². The van der Waals surface area contributed by atoms with Crippen LogP contribution in [0.2, 0.25) is 0 Å². The zero-order chi connectivity index (χ0) is 19.0. The standard InChI is InChI=1S/C15H19F3N2O4S/c1-5-23-9(21)6-8-7-20(13(22)24-14(2,3)4)11-10(8)25-12(19-11)15(16,17)18/h7,9,21H,5-6H2,1-4H3. The summed E-state index contributed by atoms with van der Waals surface area (Å²) in [6.45, 7) is 6.86. The number of nitrogens with zero attached hydrogens (tertiary/aromatic N) is 2. The highest BCUT2D eigenvalue weighted by Crippen LogP contribution is 2.38. The largest absolute Gasteiger partial charge is 0.443 e. The van der Waals surface area contributed by atoms with Crippen molar-refractivity contribution in [1.29, 1.82) is 0 Å². The van der Waals surface area contributed by atoms with Crippen LogP contribution in [0.3, 0.4) is 0 Å². The molecule has 2 heterocycles. The summed E-state index contributed by atoms with van der Waals surface area (Å²) >= 11 is 0.416. The molecule has 0 saturated carbocycles. The second kappa shape index (κ2) is 6.93. The summed E-state index contributed by atoms with van der Waals surface area (Å²) in [5, 5.41) is 8.71. The fraction of sp³-hybridized carbons (Fsp3) is 0.600. The molecule has 2 aromatic rings. The number of ether oxygens (including phenoxy) is 2. The second-order valence-electron chi connectivity index (χ2n) is 6.29. The van der Waals surface area contributed by atoms with Gasteiger partial charge in [-0.25, -0.2) is 14.3 Å². The molecule has 10 heteroatoms. The van der Waals surface area contributed by atoms with Crippen molar-refractivity contribution >= 4 is 27.8 Å². The molecule has 0 radical (unpaired) electrons. The summed E-state index contributed by atoms with van der Waals surface area (Å²) in [7, 11) is 0. The maximum Gasteiger partial charge on any atom is 0.443 e. The second-order valence-corrected chi connectivity index (χ2v) is 7.29. The summed E-state index contributed by atoms with van der Waals surface area (Å²) < 4.78 is 50.2. The third-order valence-electron chi connectivity index (χ3n) is 3.00. The molecule has 6 nitrogen and oxygen atoms in total. The Kier molecular flexibility index (Phi) is 5.45. The molecule has 0 saturated heterocycles. The fourth-order valence-electron chi connectivity index (χ4n) is 2.12. The predicted octanol–water partition coefficient (Wildman–Crippen LogP) is 3.80. The van der Waals surface area contributed by atoms with E-state index in [9.17, 15) is 23.1 Å². The number of halogens is 3. The lowest BCUT2D eigenvalue weighted by atomic mass is 10.2. The molecule has 0 fully saturated rings. The van der Waals surface area contributed by atoms with Gasteiger partial charge in [-0.1, -0.05) is 0 Å². The first-order valence-electron chi connectivity index (χ1n) is 7.53. The molecule has 0 spiro atoms. The van der Waals surface area contributed by atoms with E-state index in [2.05, 4.69) is 4.98 Å². The molecule has 0 aliphatic heterocycles. The Morgan fingerprint density at radius 2 is 2.04 bits per heavy atom. The Morgan fingerprint density at radius 1 is 1.40 bits per heavy atom. The van der Waals surface area contributed by atoms with Crippen LogP contribution in [0.1, 0.15) is 38.3 Å². The fourth-order valence-corrected chi connectivity index (χ4v) is 3.06. The number of carbonyl (C=O) groups is 1. The highest BCUT2D eigenvalue weighted by molar-refractivity contribution is 7.18. The van der Waals surface area contributed by atoms with E-state index in [1.54, 1.807) is 27.7 Å². The summed E-state index contributed by atoms with van der Waals surface area (Å²) in [4.78, 5) is 15.8. The van der Waals surface area contributed by atoms with Crippen LogP contribution < -0.4 is 0 Å². The zero-order valence-electron chi connectivity index (χ0n) is 14.2. The Balaban J connectivity index is 2.49. The monoisotopic (exact) mass is 380 g/mol. The maximum atomic E-state index is 13.0. The van der Waals surface area contributed by atoms with Gasteiger partial charge in [0.05, 0.1) is 4.70 Å². The van der Waals surface area contributed by atoms with E-state index in [4.69, 9.17) is 9.47 Å². The van der Waals surface area contributed by atoms with Gasteiger partial charge in [-0.3, -0.25) is 0 Å². The smallest absolute Gasteiger partial charge is 0.443 e. The van der Waals surface area contributed by atoms with E-state index in [1.165, 1.54) is 6.20 Å². The van der Waals surface area contributed by atoms with Gasteiger partial charge >= 0.3 is 12.3 Å². The summed E-state index contributed by atoms with van der Waals surface area (Å²) in [5.41, 5.74) is -0.637. The van der Waals surface area contributed by atoms with Crippen molar-refractivity contribution in [2.24, 2.45) is 0 Å². The molecular weight excluding hydrogens is 361 g/mol. The van der Waals surface area contributed by atoms with Gasteiger partial charge in [0.1, 0.15) is 5.60 Å². The molecule has 0 aliphatic carbocycles. The van der Waals surface area contributed by atoms with Crippen LogP contribution in [0.15, 0.2) is 6.20 Å². The molecule has 0 aromatic carbocycles. The van der Waals surface area contributed by atoms with Crippen LogP contribution in [0.4, 0.5) is 18.0 Å². The lowest BCUT2D eigenvalue weighted by Gasteiger charge is -2.19. The molecule has 1 N–H and O–H groups in total. The molecule has 1 atom stereocenters. The van der Waals surface area contributed by atoms with Gasteiger partial charge in [-0.05, 0) is 33.3 Å².